The number of nitrogens with zero attached hydrogens (tertiary/aromatic N) is 3. The van der Waals surface area contributed by atoms with Crippen molar-refractivity contribution in [2.75, 3.05) is 0 Å². The zero-order valence-electron chi connectivity index (χ0n) is 15.7. The van der Waals surface area contributed by atoms with Crippen LogP contribution in [0.3, 0.4) is 0 Å². The van der Waals surface area contributed by atoms with Crippen molar-refractivity contribution in [1.29, 1.82) is 0 Å². The van der Waals surface area contributed by atoms with Gasteiger partial charge in [0.15, 0.2) is 5.65 Å². The van der Waals surface area contributed by atoms with Crippen molar-refractivity contribution in [3.63, 3.8) is 0 Å². The van der Waals surface area contributed by atoms with Crippen molar-refractivity contribution in [1.82, 2.24) is 19.9 Å². The molecule has 3 aromatic rings. The Kier molecular flexibility index (Phi) is 5.93. The maximum Gasteiger partial charge on any atom is 0.419 e. The third kappa shape index (κ3) is 4.50. The molecule has 158 valence electrons. The molecular formula is C19H15BrF4N4O2. The summed E-state index contributed by atoms with van der Waals surface area (Å²) in [5.74, 6) is -2.22. The average molecular weight is 487 g/mol. The van der Waals surface area contributed by atoms with Gasteiger partial charge >= 0.3 is 6.18 Å². The van der Waals surface area contributed by atoms with Crippen LogP contribution in [-0.4, -0.2) is 26.5 Å². The van der Waals surface area contributed by atoms with E-state index in [0.29, 0.717) is 16.6 Å². The first kappa shape index (κ1) is 21.9. The molecule has 2 aromatic heterocycles. The van der Waals surface area contributed by atoms with Gasteiger partial charge < -0.3 is 5.32 Å². The molecular weight excluding hydrogens is 472 g/mol. The summed E-state index contributed by atoms with van der Waals surface area (Å²) in [6, 6.07) is 3.49. The molecule has 2 heterocycles. The molecule has 0 bridgehead atoms. The fraction of sp³-hybridized carbons (Fsp3) is 0.263. The lowest BCUT2D eigenvalue weighted by Gasteiger charge is -2.16. The van der Waals surface area contributed by atoms with Gasteiger partial charge in [-0.05, 0) is 54.0 Å². The zero-order valence-corrected chi connectivity index (χ0v) is 17.3. The minimum atomic E-state index is -4.94. The lowest BCUT2D eigenvalue weighted by molar-refractivity contribution is -0.140. The molecule has 0 saturated carbocycles. The number of hydrogen-bond donors (Lipinski definition) is 1. The molecule has 0 aliphatic heterocycles. The number of fused-ring (bicyclic) bond motifs is 1. The molecule has 0 saturated heterocycles. The fourth-order valence-electron chi connectivity index (χ4n) is 2.84. The minimum absolute atomic E-state index is 0.0170. The van der Waals surface area contributed by atoms with Gasteiger partial charge in [-0.2, -0.15) is 13.2 Å². The molecule has 0 atom stereocenters. The Morgan fingerprint density at radius 2 is 1.97 bits per heavy atom. The Balaban J connectivity index is 2.27. The lowest BCUT2D eigenvalue weighted by Crippen LogP contribution is -2.37. The number of pyridine rings is 1. The van der Waals surface area contributed by atoms with E-state index >= 15 is 0 Å². The van der Waals surface area contributed by atoms with Crippen LogP contribution >= 0.6 is 15.9 Å². The summed E-state index contributed by atoms with van der Waals surface area (Å²) in [6.07, 6.45) is -3.57. The van der Waals surface area contributed by atoms with E-state index < -0.39 is 35.6 Å². The number of aromatic nitrogens is 3. The van der Waals surface area contributed by atoms with Crippen LogP contribution in [0.15, 0.2) is 39.7 Å². The van der Waals surface area contributed by atoms with Gasteiger partial charge in [0.2, 0.25) is 5.91 Å². The van der Waals surface area contributed by atoms with Crippen molar-refractivity contribution < 1.29 is 22.4 Å². The zero-order chi connectivity index (χ0) is 22.2. The molecule has 3 rings (SSSR count). The predicted molar refractivity (Wildman–Crippen MR) is 105 cm³/mol. The van der Waals surface area contributed by atoms with Gasteiger partial charge in [-0.15, -0.1) is 0 Å². The molecule has 6 nitrogen and oxygen atoms in total. The van der Waals surface area contributed by atoms with E-state index in [1.807, 2.05) is 0 Å². The summed E-state index contributed by atoms with van der Waals surface area (Å²) >= 11 is 3.19. The molecule has 30 heavy (non-hydrogen) atoms. The number of nitrogens with one attached hydrogen (secondary N) is 1. The third-order valence-electron chi connectivity index (χ3n) is 4.06. The summed E-state index contributed by atoms with van der Waals surface area (Å²) in [5.41, 5.74) is -2.36. The van der Waals surface area contributed by atoms with Gasteiger partial charge in [-0.1, -0.05) is 0 Å². The summed E-state index contributed by atoms with van der Waals surface area (Å²) < 4.78 is 54.6. The third-order valence-corrected chi connectivity index (χ3v) is 4.49. The second-order valence-corrected chi connectivity index (χ2v) is 7.68. The quantitative estimate of drug-likeness (QED) is 0.567. The van der Waals surface area contributed by atoms with Gasteiger partial charge in [0.25, 0.3) is 5.56 Å². The molecule has 0 spiro atoms. The molecule has 11 heteroatoms. The lowest BCUT2D eigenvalue weighted by atomic mass is 10.1. The smallest absolute Gasteiger partial charge is 0.352 e. The maximum atomic E-state index is 13.7. The fourth-order valence-corrected chi connectivity index (χ4v) is 3.17. The van der Waals surface area contributed by atoms with E-state index in [2.05, 4.69) is 31.2 Å². The van der Waals surface area contributed by atoms with Crippen molar-refractivity contribution in [2.45, 2.75) is 32.6 Å². The van der Waals surface area contributed by atoms with Crippen LogP contribution in [-0.2, 0) is 17.5 Å². The number of rotatable bonds is 4. The van der Waals surface area contributed by atoms with E-state index in [1.165, 1.54) is 12.3 Å². The Bertz CT molecular complexity index is 1190. The predicted octanol–water partition coefficient (Wildman–Crippen LogP) is 3.90. The van der Waals surface area contributed by atoms with Gasteiger partial charge in [0.1, 0.15) is 18.2 Å². The highest BCUT2D eigenvalue weighted by Gasteiger charge is 2.34. The van der Waals surface area contributed by atoms with E-state index in [4.69, 9.17) is 0 Å². The van der Waals surface area contributed by atoms with Gasteiger partial charge in [0.05, 0.1) is 10.9 Å². The van der Waals surface area contributed by atoms with Crippen LogP contribution in [0.4, 0.5) is 17.6 Å². The first-order valence-corrected chi connectivity index (χ1v) is 9.49. The number of halogens is 5. The highest BCUT2D eigenvalue weighted by atomic mass is 79.9. The highest BCUT2D eigenvalue weighted by Crippen LogP contribution is 2.34. The van der Waals surface area contributed by atoms with Gasteiger partial charge in [-0.25, -0.2) is 14.4 Å². The summed E-state index contributed by atoms with van der Waals surface area (Å²) in [7, 11) is 0. The molecule has 0 radical (unpaired) electrons. The van der Waals surface area contributed by atoms with E-state index in [0.717, 1.165) is 10.6 Å². The second kappa shape index (κ2) is 8.13. The molecule has 1 N–H and O–H groups in total. The number of alkyl halides is 3. The summed E-state index contributed by atoms with van der Waals surface area (Å²) in [5, 5.41) is 2.68. The first-order valence-electron chi connectivity index (χ1n) is 8.70. The Morgan fingerprint density at radius 3 is 2.60 bits per heavy atom. The first-order chi connectivity index (χ1) is 14.0. The molecule has 0 fully saturated rings. The van der Waals surface area contributed by atoms with Crippen LogP contribution < -0.4 is 10.9 Å². The minimum Gasteiger partial charge on any atom is -0.352 e. The Morgan fingerprint density at radius 1 is 1.27 bits per heavy atom. The van der Waals surface area contributed by atoms with Crippen molar-refractivity contribution in [3.05, 3.63) is 56.7 Å². The Hall–Kier alpha value is -2.82. The normalized spacial score (nSPS) is 11.9. The molecule has 1 aromatic carbocycles. The number of hydrogen-bond acceptors (Lipinski definition) is 4. The Labute approximate surface area is 176 Å². The number of benzene rings is 1. The van der Waals surface area contributed by atoms with Crippen LogP contribution in [0.25, 0.3) is 22.4 Å². The van der Waals surface area contributed by atoms with E-state index in [1.54, 1.807) is 13.8 Å². The number of carbonyl (C=O) groups excluding carboxylic acids is 1. The van der Waals surface area contributed by atoms with Gasteiger partial charge in [0, 0.05) is 22.3 Å². The SMILES string of the molecule is CC(C)NC(=O)Cn1c(-c2ccc(F)c(C(F)(F)F)c2)nc2ncc(Br)cc2c1=O. The van der Waals surface area contributed by atoms with Crippen LogP contribution in [0.1, 0.15) is 19.4 Å². The van der Waals surface area contributed by atoms with Crippen LogP contribution in [0.5, 0.6) is 0 Å². The van der Waals surface area contributed by atoms with Gasteiger partial charge in [-0.3, -0.25) is 14.2 Å². The number of amides is 1. The van der Waals surface area contributed by atoms with Crippen molar-refractivity contribution >= 4 is 32.9 Å². The summed E-state index contributed by atoms with van der Waals surface area (Å²) in [6.45, 7) is 2.95. The topological polar surface area (TPSA) is 76.9 Å². The standard InChI is InChI=1S/C19H15BrF4N4O2/c1-9(2)26-15(29)8-28-17(10-3-4-14(21)13(5-10)19(22,23)24)27-16-12(18(28)30)6-11(20)7-25-16/h3-7,9H,8H2,1-2H3,(H,26,29). The molecule has 1 amide bonds. The average Bonchev–Trinajstić information content (AvgIpc) is 2.63. The molecule has 0 aliphatic carbocycles. The van der Waals surface area contributed by atoms with Crippen molar-refractivity contribution in [2.24, 2.45) is 0 Å². The van der Waals surface area contributed by atoms with E-state index in [-0.39, 0.29) is 28.5 Å². The molecule has 0 aliphatic rings. The highest BCUT2D eigenvalue weighted by molar-refractivity contribution is 9.10. The van der Waals surface area contributed by atoms with Crippen LogP contribution in [0, 0.1) is 5.82 Å². The second-order valence-electron chi connectivity index (χ2n) is 6.77. The van der Waals surface area contributed by atoms with E-state index in [9.17, 15) is 27.2 Å². The monoisotopic (exact) mass is 486 g/mol. The van der Waals surface area contributed by atoms with Crippen molar-refractivity contribution in [3.8, 4) is 11.4 Å². The summed E-state index contributed by atoms with van der Waals surface area (Å²) in [4.78, 5) is 33.5. The largest absolute Gasteiger partial charge is 0.419 e. The van der Waals surface area contributed by atoms with Crippen LogP contribution in [0.2, 0.25) is 0 Å². The number of carbonyl (C=O) groups is 1. The molecule has 0 unspecified atom stereocenters. The maximum absolute atomic E-state index is 13.7.